The molecule has 1 aliphatic rings. The van der Waals surface area contributed by atoms with Gasteiger partial charge in [0.1, 0.15) is 12.3 Å². The molecule has 8 heteroatoms. The van der Waals surface area contributed by atoms with Gasteiger partial charge in [0.2, 0.25) is 0 Å². The Morgan fingerprint density at radius 1 is 1.41 bits per heavy atom. The molecule has 1 saturated heterocycles. The molecular weight excluding hydrogens is 323 g/mol. The summed E-state index contributed by atoms with van der Waals surface area (Å²) in [6.45, 7) is 1.79. The number of esters is 1. The van der Waals surface area contributed by atoms with Crippen LogP contribution in [0.25, 0.3) is 0 Å². The second kappa shape index (κ2) is 6.34. The molecule has 0 aliphatic carbocycles. The summed E-state index contributed by atoms with van der Waals surface area (Å²) < 4.78 is 43.5. The number of carbonyl (C=O) groups excluding carboxylic acids is 1. The average molecular weight is 338 g/mol. The zero-order valence-corrected chi connectivity index (χ0v) is 12.5. The van der Waals surface area contributed by atoms with E-state index in [9.17, 15) is 23.1 Å². The van der Waals surface area contributed by atoms with Gasteiger partial charge >= 0.3 is 12.1 Å². The molecule has 0 saturated carbocycles. The van der Waals surface area contributed by atoms with Crippen LogP contribution >= 0.6 is 11.6 Å². The molecule has 0 radical (unpaired) electrons. The Morgan fingerprint density at radius 3 is 2.68 bits per heavy atom. The van der Waals surface area contributed by atoms with Crippen LogP contribution in [-0.4, -0.2) is 30.0 Å². The minimum Gasteiger partial charge on any atom is -0.464 e. The van der Waals surface area contributed by atoms with Crippen molar-refractivity contribution < 1.29 is 27.8 Å². The van der Waals surface area contributed by atoms with E-state index in [4.69, 9.17) is 16.3 Å². The molecule has 0 bridgehead atoms. The van der Waals surface area contributed by atoms with E-state index in [-0.39, 0.29) is 23.7 Å². The van der Waals surface area contributed by atoms with Crippen LogP contribution in [-0.2, 0) is 15.7 Å². The Labute approximate surface area is 130 Å². The van der Waals surface area contributed by atoms with Crippen molar-refractivity contribution in [2.45, 2.75) is 38.2 Å². The first-order valence-corrected chi connectivity index (χ1v) is 7.12. The zero-order valence-electron chi connectivity index (χ0n) is 11.7. The van der Waals surface area contributed by atoms with Crippen LogP contribution < -0.4 is 4.90 Å². The highest BCUT2D eigenvalue weighted by Crippen LogP contribution is 2.37. The van der Waals surface area contributed by atoms with Crippen LogP contribution in [0.4, 0.5) is 18.9 Å². The third kappa shape index (κ3) is 3.47. The zero-order chi connectivity index (χ0) is 16.5. The summed E-state index contributed by atoms with van der Waals surface area (Å²) in [5.74, 6) is -0.576. The fraction of sp³-hybridized carbons (Fsp3) is 0.500. The quantitative estimate of drug-likeness (QED) is 0.860. The van der Waals surface area contributed by atoms with Crippen LogP contribution in [0.1, 0.15) is 25.3 Å². The SMILES string of the molecule is CCOC(=O)[C@H]1CC[C@@H](O)N1c1cc(Cl)cc(C(F)(F)F)c1. The molecule has 0 unspecified atom stereocenters. The lowest BCUT2D eigenvalue weighted by Crippen LogP contribution is -2.42. The normalized spacial score (nSPS) is 22.0. The lowest BCUT2D eigenvalue weighted by atomic mass is 10.1. The number of halogens is 4. The van der Waals surface area contributed by atoms with Gasteiger partial charge in [0.05, 0.1) is 12.2 Å². The van der Waals surface area contributed by atoms with Gasteiger partial charge in [0, 0.05) is 10.7 Å². The molecule has 1 aromatic carbocycles. The number of aliphatic hydroxyl groups excluding tert-OH is 1. The Balaban J connectivity index is 2.39. The van der Waals surface area contributed by atoms with Crippen molar-refractivity contribution in [1.82, 2.24) is 0 Å². The summed E-state index contributed by atoms with van der Waals surface area (Å²) >= 11 is 5.75. The van der Waals surface area contributed by atoms with Gasteiger partial charge in [-0.1, -0.05) is 11.6 Å². The van der Waals surface area contributed by atoms with Crippen molar-refractivity contribution in [3.63, 3.8) is 0 Å². The van der Waals surface area contributed by atoms with Crippen LogP contribution in [0.2, 0.25) is 5.02 Å². The minimum atomic E-state index is -4.57. The third-order valence-corrected chi connectivity index (χ3v) is 3.64. The Kier molecular flexibility index (Phi) is 4.87. The highest BCUT2D eigenvalue weighted by atomic mass is 35.5. The molecular formula is C14H15ClF3NO3. The molecule has 0 aromatic heterocycles. The molecule has 0 amide bonds. The summed E-state index contributed by atoms with van der Waals surface area (Å²) in [4.78, 5) is 13.1. The minimum absolute atomic E-state index is 0.0443. The predicted octanol–water partition coefficient (Wildman–Crippen LogP) is 3.21. The molecule has 4 nitrogen and oxygen atoms in total. The first-order chi connectivity index (χ1) is 10.2. The van der Waals surface area contributed by atoms with Gasteiger partial charge in [-0.25, -0.2) is 4.79 Å². The highest BCUT2D eigenvalue weighted by molar-refractivity contribution is 6.31. The number of benzene rings is 1. The summed E-state index contributed by atoms with van der Waals surface area (Å²) in [7, 11) is 0. The number of aliphatic hydroxyl groups is 1. The first-order valence-electron chi connectivity index (χ1n) is 6.75. The summed E-state index contributed by atoms with van der Waals surface area (Å²) in [6, 6.07) is 2.13. The Morgan fingerprint density at radius 2 is 2.09 bits per heavy atom. The number of hydrogen-bond acceptors (Lipinski definition) is 4. The molecule has 1 heterocycles. The topological polar surface area (TPSA) is 49.8 Å². The van der Waals surface area contributed by atoms with Crippen LogP contribution in [0.15, 0.2) is 18.2 Å². The predicted molar refractivity (Wildman–Crippen MR) is 74.6 cm³/mol. The van der Waals surface area contributed by atoms with E-state index < -0.39 is 30.0 Å². The van der Waals surface area contributed by atoms with Crippen molar-refractivity contribution in [3.8, 4) is 0 Å². The molecule has 2 atom stereocenters. The van der Waals surface area contributed by atoms with Crippen molar-refractivity contribution >= 4 is 23.3 Å². The maximum absolute atomic E-state index is 12.9. The molecule has 1 aromatic rings. The van der Waals surface area contributed by atoms with E-state index in [1.165, 1.54) is 11.0 Å². The molecule has 22 heavy (non-hydrogen) atoms. The number of rotatable bonds is 3. The monoisotopic (exact) mass is 337 g/mol. The largest absolute Gasteiger partial charge is 0.464 e. The van der Waals surface area contributed by atoms with Crippen molar-refractivity contribution in [2.24, 2.45) is 0 Å². The molecule has 1 fully saturated rings. The van der Waals surface area contributed by atoms with Crippen LogP contribution in [0, 0.1) is 0 Å². The van der Waals surface area contributed by atoms with E-state index in [0.29, 0.717) is 6.42 Å². The molecule has 1 N–H and O–H groups in total. The number of carbonyl (C=O) groups is 1. The highest BCUT2D eigenvalue weighted by Gasteiger charge is 2.39. The number of anilines is 1. The molecule has 122 valence electrons. The second-order valence-corrected chi connectivity index (χ2v) is 5.37. The maximum Gasteiger partial charge on any atom is 0.416 e. The van der Waals surface area contributed by atoms with Gasteiger partial charge in [-0.3, -0.25) is 0 Å². The smallest absolute Gasteiger partial charge is 0.416 e. The third-order valence-electron chi connectivity index (χ3n) is 3.42. The van der Waals surface area contributed by atoms with Gasteiger partial charge < -0.3 is 14.7 Å². The van der Waals surface area contributed by atoms with Gasteiger partial charge in [-0.15, -0.1) is 0 Å². The van der Waals surface area contributed by atoms with E-state index in [0.717, 1.165) is 12.1 Å². The summed E-state index contributed by atoms with van der Waals surface area (Å²) in [6.07, 6.45) is -5.07. The van der Waals surface area contributed by atoms with E-state index in [1.807, 2.05) is 0 Å². The first kappa shape index (κ1) is 16.9. The lowest BCUT2D eigenvalue weighted by molar-refractivity contribution is -0.144. The maximum atomic E-state index is 12.9. The summed E-state index contributed by atoms with van der Waals surface area (Å²) in [5, 5.41) is 9.89. The lowest BCUT2D eigenvalue weighted by Gasteiger charge is -2.29. The average Bonchev–Trinajstić information content (AvgIpc) is 2.79. The standard InChI is InChI=1S/C14H15ClF3NO3/c1-2-22-13(21)11-3-4-12(20)19(11)10-6-8(14(16,17)18)5-9(15)7-10/h5-7,11-12,20H,2-4H2,1H3/t11-,12-/m1/s1. The van der Waals surface area contributed by atoms with E-state index >= 15 is 0 Å². The molecule has 0 spiro atoms. The van der Waals surface area contributed by atoms with E-state index in [2.05, 4.69) is 0 Å². The number of alkyl halides is 3. The van der Waals surface area contributed by atoms with Crippen LogP contribution in [0.5, 0.6) is 0 Å². The molecule has 2 rings (SSSR count). The van der Waals surface area contributed by atoms with Gasteiger partial charge in [-0.05, 0) is 38.0 Å². The fourth-order valence-corrected chi connectivity index (χ4v) is 2.73. The number of ether oxygens (including phenoxy) is 1. The van der Waals surface area contributed by atoms with Gasteiger partial charge in [0.15, 0.2) is 0 Å². The fourth-order valence-electron chi connectivity index (χ4n) is 2.50. The summed E-state index contributed by atoms with van der Waals surface area (Å²) in [5.41, 5.74) is -0.889. The van der Waals surface area contributed by atoms with Crippen molar-refractivity contribution in [1.29, 1.82) is 0 Å². The van der Waals surface area contributed by atoms with E-state index in [1.54, 1.807) is 6.92 Å². The Hall–Kier alpha value is -1.47. The Bertz CT molecular complexity index is 565. The molecule has 1 aliphatic heterocycles. The van der Waals surface area contributed by atoms with Crippen molar-refractivity contribution in [2.75, 3.05) is 11.5 Å². The number of hydrogen-bond donors (Lipinski definition) is 1. The van der Waals surface area contributed by atoms with Crippen molar-refractivity contribution in [3.05, 3.63) is 28.8 Å². The second-order valence-electron chi connectivity index (χ2n) is 4.93. The van der Waals surface area contributed by atoms with Crippen LogP contribution in [0.3, 0.4) is 0 Å². The van der Waals surface area contributed by atoms with Gasteiger partial charge in [-0.2, -0.15) is 13.2 Å². The van der Waals surface area contributed by atoms with Gasteiger partial charge in [0.25, 0.3) is 0 Å². The number of nitrogens with zero attached hydrogens (tertiary/aromatic N) is 1.